The maximum atomic E-state index is 12.1. The Kier molecular flexibility index (Phi) is 4.43. The first-order chi connectivity index (χ1) is 11.2. The molecule has 1 saturated carbocycles. The highest BCUT2D eigenvalue weighted by molar-refractivity contribution is 5.82. The van der Waals surface area contributed by atoms with Gasteiger partial charge in [-0.3, -0.25) is 4.79 Å². The molecule has 0 amide bonds. The molecule has 3 rings (SSSR count). The Morgan fingerprint density at radius 1 is 1.21 bits per heavy atom. The summed E-state index contributed by atoms with van der Waals surface area (Å²) in [5.41, 5.74) is 2.06. The molecule has 24 heavy (non-hydrogen) atoms. The molecule has 0 spiro atoms. The maximum Gasteiger partial charge on any atom is 0.138 e. The Morgan fingerprint density at radius 2 is 1.88 bits per heavy atom. The maximum absolute atomic E-state index is 12.1. The van der Waals surface area contributed by atoms with Gasteiger partial charge >= 0.3 is 0 Å². The number of benzene rings is 1. The van der Waals surface area contributed by atoms with Crippen LogP contribution in [-0.4, -0.2) is 17.5 Å². The van der Waals surface area contributed by atoms with Crippen molar-refractivity contribution in [2.24, 2.45) is 11.8 Å². The normalized spacial score (nSPS) is 33.9. The summed E-state index contributed by atoms with van der Waals surface area (Å²) in [5.74, 6) is 0.415. The molecule has 0 aromatic heterocycles. The highest BCUT2D eigenvalue weighted by atomic mass is 17.2. The standard InChI is InChI=1S/C21H28O3/c1-14-18(22)12-17-13-19(14)23-24-21(17,5)11-10-15-6-8-16(9-7-15)20(2,3)4/h6-11,14,17,19H,12-13H2,1-5H3/t14-,17+,19+,21+/m1/s1. The first kappa shape index (κ1) is 17.4. The Balaban J connectivity index is 1.75. The average molecular weight is 328 g/mol. The van der Waals surface area contributed by atoms with Crippen LogP contribution in [0.1, 0.15) is 58.6 Å². The molecule has 0 N–H and O–H groups in total. The first-order valence-electron chi connectivity index (χ1n) is 8.86. The van der Waals surface area contributed by atoms with Crippen LogP contribution in [0.4, 0.5) is 0 Å². The molecule has 1 aromatic rings. The van der Waals surface area contributed by atoms with Crippen LogP contribution in [0.25, 0.3) is 6.08 Å². The lowest BCUT2D eigenvalue weighted by molar-refractivity contribution is -0.415. The van der Waals surface area contributed by atoms with Crippen LogP contribution in [0.15, 0.2) is 30.3 Å². The van der Waals surface area contributed by atoms with Crippen molar-refractivity contribution in [2.75, 3.05) is 0 Å². The Hall–Kier alpha value is -1.45. The van der Waals surface area contributed by atoms with Gasteiger partial charge in [0.05, 0.1) is 0 Å². The molecular weight excluding hydrogens is 300 g/mol. The van der Waals surface area contributed by atoms with Gasteiger partial charge in [-0.2, -0.15) is 0 Å². The largest absolute Gasteiger partial charge is 0.299 e. The molecule has 4 atom stereocenters. The van der Waals surface area contributed by atoms with Crippen molar-refractivity contribution in [1.29, 1.82) is 0 Å². The van der Waals surface area contributed by atoms with E-state index >= 15 is 0 Å². The zero-order valence-corrected chi connectivity index (χ0v) is 15.3. The fraction of sp³-hybridized carbons (Fsp3) is 0.571. The van der Waals surface area contributed by atoms with Gasteiger partial charge in [0.2, 0.25) is 0 Å². The third kappa shape index (κ3) is 3.33. The zero-order valence-electron chi connectivity index (χ0n) is 15.3. The summed E-state index contributed by atoms with van der Waals surface area (Å²) >= 11 is 0. The van der Waals surface area contributed by atoms with E-state index < -0.39 is 5.60 Å². The van der Waals surface area contributed by atoms with Crippen molar-refractivity contribution in [2.45, 2.75) is 64.6 Å². The second-order valence-electron chi connectivity index (χ2n) is 8.50. The number of hydrogen-bond donors (Lipinski definition) is 0. The number of carbonyl (C=O) groups excluding carboxylic acids is 1. The van der Waals surface area contributed by atoms with E-state index in [2.05, 4.69) is 51.1 Å². The highest BCUT2D eigenvalue weighted by Crippen LogP contribution is 2.43. The third-order valence-corrected chi connectivity index (χ3v) is 5.58. The fourth-order valence-electron chi connectivity index (χ4n) is 3.52. The summed E-state index contributed by atoms with van der Waals surface area (Å²) in [4.78, 5) is 23.4. The summed E-state index contributed by atoms with van der Waals surface area (Å²) < 4.78 is 0. The third-order valence-electron chi connectivity index (χ3n) is 5.58. The van der Waals surface area contributed by atoms with E-state index in [0.717, 1.165) is 12.0 Å². The lowest BCUT2D eigenvalue weighted by Gasteiger charge is -2.45. The predicted molar refractivity (Wildman–Crippen MR) is 95.4 cm³/mol. The lowest BCUT2D eigenvalue weighted by atomic mass is 9.71. The summed E-state index contributed by atoms with van der Waals surface area (Å²) in [5, 5.41) is 0. The molecule has 1 aromatic carbocycles. The minimum Gasteiger partial charge on any atom is -0.299 e. The smallest absolute Gasteiger partial charge is 0.138 e. The first-order valence-corrected chi connectivity index (χ1v) is 8.86. The molecular formula is C21H28O3. The molecule has 1 aliphatic heterocycles. The SMILES string of the molecule is C[C@@H]1C(=O)C[C@H]2C[C@@H]1OO[C@@]2(C)C=Cc1ccc(C(C)(C)C)cc1. The molecule has 1 saturated heterocycles. The van der Waals surface area contributed by atoms with Crippen molar-refractivity contribution < 1.29 is 14.6 Å². The number of ketones is 1. The summed E-state index contributed by atoms with van der Waals surface area (Å²) in [6.07, 6.45) is 5.48. The topological polar surface area (TPSA) is 35.5 Å². The van der Waals surface area contributed by atoms with Crippen LogP contribution in [0.3, 0.4) is 0 Å². The van der Waals surface area contributed by atoms with Gasteiger partial charge in [-0.05, 0) is 36.0 Å². The molecule has 2 fully saturated rings. The van der Waals surface area contributed by atoms with E-state index in [-0.39, 0.29) is 29.1 Å². The van der Waals surface area contributed by atoms with Gasteiger partial charge in [-0.15, -0.1) is 0 Å². The van der Waals surface area contributed by atoms with Crippen LogP contribution in [0, 0.1) is 11.8 Å². The van der Waals surface area contributed by atoms with E-state index in [0.29, 0.717) is 6.42 Å². The number of Topliss-reactive ketones (excluding diaryl/α,β-unsaturated/α-hetero) is 1. The quantitative estimate of drug-likeness (QED) is 0.738. The number of carbonyl (C=O) groups is 1. The molecule has 2 aliphatic rings. The second kappa shape index (κ2) is 6.12. The monoisotopic (exact) mass is 328 g/mol. The fourth-order valence-corrected chi connectivity index (χ4v) is 3.52. The Bertz CT molecular complexity index is 638. The lowest BCUT2D eigenvalue weighted by Crippen LogP contribution is -2.51. The van der Waals surface area contributed by atoms with Crippen LogP contribution in [-0.2, 0) is 20.0 Å². The summed E-state index contributed by atoms with van der Waals surface area (Å²) in [6, 6.07) is 8.59. The Labute approximate surface area is 145 Å². The van der Waals surface area contributed by atoms with E-state index in [4.69, 9.17) is 9.78 Å². The van der Waals surface area contributed by atoms with Gasteiger partial charge in [0.1, 0.15) is 17.5 Å². The second-order valence-corrected chi connectivity index (χ2v) is 8.50. The van der Waals surface area contributed by atoms with Crippen LogP contribution >= 0.6 is 0 Å². The summed E-state index contributed by atoms with van der Waals surface area (Å²) in [6.45, 7) is 10.6. The number of rotatable bonds is 2. The van der Waals surface area contributed by atoms with E-state index in [1.165, 1.54) is 5.56 Å². The van der Waals surface area contributed by atoms with Crippen LogP contribution in [0.5, 0.6) is 0 Å². The van der Waals surface area contributed by atoms with Crippen molar-refractivity contribution in [3.63, 3.8) is 0 Å². The van der Waals surface area contributed by atoms with Crippen molar-refractivity contribution in [3.8, 4) is 0 Å². The highest BCUT2D eigenvalue weighted by Gasteiger charge is 2.48. The number of hydrogen-bond acceptors (Lipinski definition) is 3. The van der Waals surface area contributed by atoms with Crippen LogP contribution < -0.4 is 0 Å². The van der Waals surface area contributed by atoms with Crippen molar-refractivity contribution >= 4 is 11.9 Å². The van der Waals surface area contributed by atoms with Crippen molar-refractivity contribution in [1.82, 2.24) is 0 Å². The average Bonchev–Trinajstić information content (AvgIpc) is 2.53. The van der Waals surface area contributed by atoms with Gasteiger partial charge in [-0.25, -0.2) is 9.78 Å². The van der Waals surface area contributed by atoms with E-state index in [1.54, 1.807) is 0 Å². The number of fused-ring (bicyclic) bond motifs is 2. The Morgan fingerprint density at radius 3 is 2.50 bits per heavy atom. The van der Waals surface area contributed by atoms with Crippen molar-refractivity contribution in [3.05, 3.63) is 41.5 Å². The van der Waals surface area contributed by atoms with Gasteiger partial charge in [0.15, 0.2) is 0 Å². The van der Waals surface area contributed by atoms with Gasteiger partial charge < -0.3 is 0 Å². The molecule has 1 heterocycles. The van der Waals surface area contributed by atoms with Gasteiger partial charge in [0.25, 0.3) is 0 Å². The minimum atomic E-state index is -0.547. The minimum absolute atomic E-state index is 0.0558. The molecule has 2 bridgehead atoms. The van der Waals surface area contributed by atoms with Crippen LogP contribution in [0.2, 0.25) is 0 Å². The summed E-state index contributed by atoms with van der Waals surface area (Å²) in [7, 11) is 0. The van der Waals surface area contributed by atoms with Gasteiger partial charge in [0, 0.05) is 18.3 Å². The zero-order chi connectivity index (χ0) is 17.5. The molecule has 3 heteroatoms. The van der Waals surface area contributed by atoms with E-state index in [1.807, 2.05) is 19.9 Å². The van der Waals surface area contributed by atoms with E-state index in [9.17, 15) is 4.79 Å². The molecule has 1 aliphatic carbocycles. The predicted octanol–water partition coefficient (Wildman–Crippen LogP) is 4.70. The molecule has 0 unspecified atom stereocenters. The molecule has 0 radical (unpaired) electrons. The molecule has 130 valence electrons. The molecule has 3 nitrogen and oxygen atoms in total. The van der Waals surface area contributed by atoms with Gasteiger partial charge in [-0.1, -0.05) is 58.0 Å².